The number of aliphatic imine (C=N–C) groups is 1. The van der Waals surface area contributed by atoms with Crippen molar-refractivity contribution >= 4 is 17.3 Å². The smallest absolute Gasteiger partial charge is 0.351 e. The summed E-state index contributed by atoms with van der Waals surface area (Å²) in [6.07, 6.45) is -2.78. The molecular weight excluding hydrogens is 305 g/mol. The predicted octanol–water partition coefficient (Wildman–Crippen LogP) is 1.75. The van der Waals surface area contributed by atoms with Gasteiger partial charge in [0.05, 0.1) is 18.8 Å². The van der Waals surface area contributed by atoms with Crippen LogP contribution in [0.5, 0.6) is 0 Å². The Labute approximate surface area is 122 Å². The molecule has 0 spiro atoms. The lowest BCUT2D eigenvalue weighted by Gasteiger charge is -2.09. The first-order valence-corrected chi connectivity index (χ1v) is 6.81. The number of nitrogens with zero attached hydrogens (tertiary/aromatic N) is 3. The molecule has 2 heterocycles. The lowest BCUT2D eigenvalue weighted by Crippen LogP contribution is -2.36. The molecule has 0 saturated heterocycles. The minimum atomic E-state index is -4.41. The van der Waals surface area contributed by atoms with E-state index >= 15 is 0 Å². The fraction of sp³-hybridized carbons (Fsp3) is 0.364. The summed E-state index contributed by atoms with van der Waals surface area (Å²) in [5, 5.41) is 13.8. The second-order valence-electron chi connectivity index (χ2n) is 3.99. The Balaban J connectivity index is 1.84. The zero-order valence-corrected chi connectivity index (χ0v) is 11.8. The summed E-state index contributed by atoms with van der Waals surface area (Å²) in [5.41, 5.74) is -0.00346. The van der Waals surface area contributed by atoms with Crippen molar-refractivity contribution in [3.8, 4) is 0 Å². The molecule has 0 fully saturated rings. The van der Waals surface area contributed by atoms with Gasteiger partial charge >= 0.3 is 6.18 Å². The summed E-state index contributed by atoms with van der Waals surface area (Å²) in [6.45, 7) is 0.648. The molecule has 10 heteroatoms. The molecule has 6 nitrogen and oxygen atoms in total. The van der Waals surface area contributed by atoms with E-state index in [-0.39, 0.29) is 6.54 Å². The highest BCUT2D eigenvalue weighted by molar-refractivity contribution is 7.09. The monoisotopic (exact) mass is 318 g/mol. The summed E-state index contributed by atoms with van der Waals surface area (Å²) >= 11 is 0.952. The van der Waals surface area contributed by atoms with Gasteiger partial charge in [-0.25, -0.2) is 4.98 Å². The summed E-state index contributed by atoms with van der Waals surface area (Å²) in [7, 11) is 1.57. The van der Waals surface area contributed by atoms with Gasteiger partial charge in [0, 0.05) is 18.6 Å². The molecule has 21 heavy (non-hydrogen) atoms. The maximum absolute atomic E-state index is 12.4. The van der Waals surface area contributed by atoms with Crippen molar-refractivity contribution in [1.82, 2.24) is 25.8 Å². The van der Waals surface area contributed by atoms with Crippen LogP contribution >= 0.6 is 11.3 Å². The fourth-order valence-electron chi connectivity index (χ4n) is 1.46. The standard InChI is InChI=1S/C11H13F3N6S/c1-15-10(16-4-7-2-3-18-20-7)17-5-9-19-8(6-21-9)11(12,13)14/h2-3,6H,4-5H2,1H3,(H,18,20)(H2,15,16,17). The maximum atomic E-state index is 12.4. The van der Waals surface area contributed by atoms with Gasteiger partial charge in [-0.3, -0.25) is 10.1 Å². The first kappa shape index (κ1) is 15.3. The molecule has 2 aromatic heterocycles. The number of H-pyrrole nitrogens is 1. The fourth-order valence-corrected chi connectivity index (χ4v) is 2.20. The summed E-state index contributed by atoms with van der Waals surface area (Å²) < 4.78 is 37.3. The van der Waals surface area contributed by atoms with Crippen LogP contribution in [-0.4, -0.2) is 28.2 Å². The van der Waals surface area contributed by atoms with Crippen molar-refractivity contribution in [3.05, 3.63) is 34.0 Å². The van der Waals surface area contributed by atoms with E-state index in [2.05, 4.69) is 30.8 Å². The van der Waals surface area contributed by atoms with Gasteiger partial charge in [0.1, 0.15) is 5.01 Å². The number of nitrogens with one attached hydrogen (secondary N) is 3. The van der Waals surface area contributed by atoms with Crippen LogP contribution in [0.3, 0.4) is 0 Å². The Morgan fingerprint density at radius 2 is 2.14 bits per heavy atom. The summed E-state index contributed by atoms with van der Waals surface area (Å²) in [4.78, 5) is 7.50. The molecule has 0 aliphatic carbocycles. The second kappa shape index (κ2) is 6.57. The quantitative estimate of drug-likeness (QED) is 0.593. The third-order valence-electron chi connectivity index (χ3n) is 2.48. The van der Waals surface area contributed by atoms with E-state index in [4.69, 9.17) is 0 Å². The minimum Gasteiger partial charge on any atom is -0.351 e. The molecule has 0 saturated carbocycles. The molecule has 0 radical (unpaired) electrons. The molecule has 114 valence electrons. The Kier molecular flexibility index (Phi) is 4.78. The van der Waals surface area contributed by atoms with Crippen LogP contribution in [-0.2, 0) is 19.3 Å². The van der Waals surface area contributed by atoms with Crippen molar-refractivity contribution in [2.45, 2.75) is 19.3 Å². The van der Waals surface area contributed by atoms with Gasteiger partial charge in [-0.2, -0.15) is 18.3 Å². The van der Waals surface area contributed by atoms with Gasteiger partial charge < -0.3 is 10.6 Å². The Morgan fingerprint density at radius 1 is 1.38 bits per heavy atom. The van der Waals surface area contributed by atoms with Gasteiger partial charge in [-0.05, 0) is 6.07 Å². The van der Waals surface area contributed by atoms with E-state index in [0.29, 0.717) is 17.5 Å². The van der Waals surface area contributed by atoms with Crippen LogP contribution < -0.4 is 10.6 Å². The van der Waals surface area contributed by atoms with Crippen molar-refractivity contribution in [3.63, 3.8) is 0 Å². The highest BCUT2D eigenvalue weighted by Gasteiger charge is 2.33. The molecule has 3 N–H and O–H groups in total. The molecule has 0 unspecified atom stereocenters. The van der Waals surface area contributed by atoms with E-state index in [0.717, 1.165) is 22.4 Å². The number of alkyl halides is 3. The number of rotatable bonds is 4. The number of thiazole rings is 1. The van der Waals surface area contributed by atoms with E-state index < -0.39 is 11.9 Å². The van der Waals surface area contributed by atoms with Crippen LogP contribution in [0.1, 0.15) is 16.4 Å². The van der Waals surface area contributed by atoms with Gasteiger partial charge in [0.2, 0.25) is 0 Å². The highest BCUT2D eigenvalue weighted by Crippen LogP contribution is 2.29. The topological polar surface area (TPSA) is 78.0 Å². The number of aromatic nitrogens is 3. The number of hydrogen-bond donors (Lipinski definition) is 3. The lowest BCUT2D eigenvalue weighted by molar-refractivity contribution is -0.140. The Morgan fingerprint density at radius 3 is 2.71 bits per heavy atom. The van der Waals surface area contributed by atoms with Crippen LogP contribution in [0.4, 0.5) is 13.2 Å². The molecule has 0 aromatic carbocycles. The third-order valence-corrected chi connectivity index (χ3v) is 3.33. The van der Waals surface area contributed by atoms with Crippen LogP contribution in [0.15, 0.2) is 22.6 Å². The maximum Gasteiger partial charge on any atom is 0.434 e. The van der Waals surface area contributed by atoms with Crippen molar-refractivity contribution in [2.75, 3.05) is 7.05 Å². The summed E-state index contributed by atoms with van der Waals surface area (Å²) in [6, 6.07) is 1.80. The number of halogens is 3. The van der Waals surface area contributed by atoms with Crippen molar-refractivity contribution in [2.24, 2.45) is 4.99 Å². The Hall–Kier alpha value is -2.10. The van der Waals surface area contributed by atoms with E-state index in [1.54, 1.807) is 19.3 Å². The molecule has 0 atom stereocenters. The van der Waals surface area contributed by atoms with Gasteiger partial charge in [0.25, 0.3) is 0 Å². The van der Waals surface area contributed by atoms with Gasteiger partial charge in [-0.1, -0.05) is 0 Å². The SMILES string of the molecule is CN=C(NCc1ccn[nH]1)NCc1nc(C(F)(F)F)cs1. The van der Waals surface area contributed by atoms with E-state index in [1.165, 1.54) is 0 Å². The minimum absolute atomic E-state index is 0.170. The molecule has 0 amide bonds. The molecule has 0 bridgehead atoms. The highest BCUT2D eigenvalue weighted by atomic mass is 32.1. The van der Waals surface area contributed by atoms with Crippen LogP contribution in [0.2, 0.25) is 0 Å². The normalized spacial score (nSPS) is 12.5. The molecule has 2 aromatic rings. The number of guanidine groups is 1. The van der Waals surface area contributed by atoms with Crippen LogP contribution in [0, 0.1) is 0 Å². The average molecular weight is 318 g/mol. The Bertz CT molecular complexity index is 589. The zero-order chi connectivity index (χ0) is 15.3. The van der Waals surface area contributed by atoms with Gasteiger partial charge in [0.15, 0.2) is 11.7 Å². The molecule has 2 rings (SSSR count). The van der Waals surface area contributed by atoms with Gasteiger partial charge in [-0.15, -0.1) is 11.3 Å². The number of aromatic amines is 1. The van der Waals surface area contributed by atoms with Crippen LogP contribution in [0.25, 0.3) is 0 Å². The average Bonchev–Trinajstić information content (AvgIpc) is 3.09. The first-order valence-electron chi connectivity index (χ1n) is 5.93. The molecule has 0 aliphatic heterocycles. The van der Waals surface area contributed by atoms with Crippen molar-refractivity contribution < 1.29 is 13.2 Å². The van der Waals surface area contributed by atoms with Crippen molar-refractivity contribution in [1.29, 1.82) is 0 Å². The summed E-state index contributed by atoms with van der Waals surface area (Å²) in [5.74, 6) is 0.466. The van der Waals surface area contributed by atoms with E-state index in [1.807, 2.05) is 0 Å². The second-order valence-corrected chi connectivity index (χ2v) is 4.93. The van der Waals surface area contributed by atoms with E-state index in [9.17, 15) is 13.2 Å². The third kappa shape index (κ3) is 4.45. The molecular formula is C11H13F3N6S. The number of hydrogen-bond acceptors (Lipinski definition) is 4. The zero-order valence-electron chi connectivity index (χ0n) is 11.0. The molecule has 0 aliphatic rings. The predicted molar refractivity (Wildman–Crippen MR) is 72.7 cm³/mol. The largest absolute Gasteiger partial charge is 0.434 e. The lowest BCUT2D eigenvalue weighted by atomic mass is 10.4. The first-order chi connectivity index (χ1) is 9.99.